The van der Waals surface area contributed by atoms with Crippen LogP contribution in [0.25, 0.3) is 5.65 Å². The summed E-state index contributed by atoms with van der Waals surface area (Å²) in [5.74, 6) is -1.41. The largest absolute Gasteiger partial charge is 0.504 e. The summed E-state index contributed by atoms with van der Waals surface area (Å²) in [6.45, 7) is 3.75. The van der Waals surface area contributed by atoms with Gasteiger partial charge in [-0.3, -0.25) is 4.40 Å². The number of aromatic hydroxyl groups is 1. The highest BCUT2D eigenvalue weighted by molar-refractivity contribution is 6.33. The number of nitrogens with zero attached hydrogens (tertiary/aromatic N) is 4. The van der Waals surface area contributed by atoms with Crippen LogP contribution in [-0.2, 0) is 0 Å². The molecule has 0 aliphatic rings. The fraction of sp³-hybridized carbons (Fsp3) is 0.125. The molecule has 3 aromatic rings. The van der Waals surface area contributed by atoms with Crippen molar-refractivity contribution in [2.75, 3.05) is 0 Å². The number of hydrogen-bond donors (Lipinski definition) is 2. The first-order chi connectivity index (χ1) is 11.4. The van der Waals surface area contributed by atoms with Crippen LogP contribution in [0.3, 0.4) is 0 Å². The molecule has 0 amide bonds. The van der Waals surface area contributed by atoms with Crippen molar-refractivity contribution in [3.8, 4) is 5.75 Å². The second-order valence-corrected chi connectivity index (χ2v) is 5.70. The molecular formula is C16H13ClN4O3. The van der Waals surface area contributed by atoms with E-state index in [0.29, 0.717) is 10.7 Å². The van der Waals surface area contributed by atoms with Crippen LogP contribution in [-0.4, -0.2) is 25.6 Å². The Morgan fingerprint density at radius 3 is 2.71 bits per heavy atom. The molecule has 2 aromatic heterocycles. The maximum absolute atomic E-state index is 11.4. The molecule has 7 nitrogen and oxygen atoms in total. The number of imidazole rings is 1. The van der Waals surface area contributed by atoms with Crippen LogP contribution >= 0.6 is 11.6 Å². The molecule has 24 heavy (non-hydrogen) atoms. The Balaban J connectivity index is 2.18. The van der Waals surface area contributed by atoms with Crippen molar-refractivity contribution in [3.63, 3.8) is 0 Å². The van der Waals surface area contributed by atoms with Gasteiger partial charge in [0.2, 0.25) is 0 Å². The highest BCUT2D eigenvalue weighted by Gasteiger charge is 2.20. The molecule has 0 aliphatic carbocycles. The maximum atomic E-state index is 11.4. The van der Waals surface area contributed by atoms with Gasteiger partial charge in [0, 0.05) is 6.20 Å². The maximum Gasteiger partial charge on any atom is 0.358 e. The van der Waals surface area contributed by atoms with Gasteiger partial charge < -0.3 is 10.2 Å². The minimum atomic E-state index is -1.27. The number of rotatable bonds is 3. The lowest BCUT2D eigenvalue weighted by Gasteiger charge is -2.04. The molecule has 1 aromatic carbocycles. The van der Waals surface area contributed by atoms with Crippen molar-refractivity contribution in [2.45, 2.75) is 13.8 Å². The molecule has 122 valence electrons. The summed E-state index contributed by atoms with van der Waals surface area (Å²) in [6.07, 6.45) is 1.55. The SMILES string of the molecule is Cc1cc(C)c(N=Nc2c(C(=O)O)nc3c(O)cccn23)c(Cl)c1. The standard InChI is InChI=1S/C16H13ClN4O3/c1-8-6-9(2)12(10(17)7-8)19-20-15-13(16(23)24)18-14-11(22)4-3-5-21(14)15/h3-7,22H,1-2H3,(H,23,24). The van der Waals surface area contributed by atoms with Crippen LogP contribution in [0.15, 0.2) is 40.7 Å². The Morgan fingerprint density at radius 2 is 2.04 bits per heavy atom. The smallest absolute Gasteiger partial charge is 0.358 e. The summed E-state index contributed by atoms with van der Waals surface area (Å²) in [4.78, 5) is 15.3. The lowest BCUT2D eigenvalue weighted by Crippen LogP contribution is -1.96. The molecule has 0 radical (unpaired) electrons. The Bertz CT molecular complexity index is 971. The summed E-state index contributed by atoms with van der Waals surface area (Å²) in [5, 5.41) is 27.7. The first-order valence-electron chi connectivity index (χ1n) is 7.00. The van der Waals surface area contributed by atoms with E-state index in [9.17, 15) is 15.0 Å². The number of hydrogen-bond acceptors (Lipinski definition) is 5. The molecule has 8 heteroatoms. The van der Waals surface area contributed by atoms with Gasteiger partial charge in [0.1, 0.15) is 5.69 Å². The van der Waals surface area contributed by atoms with E-state index in [0.717, 1.165) is 11.1 Å². The number of aryl methyl sites for hydroxylation is 2. The van der Waals surface area contributed by atoms with E-state index >= 15 is 0 Å². The van der Waals surface area contributed by atoms with Crippen molar-refractivity contribution < 1.29 is 15.0 Å². The average molecular weight is 345 g/mol. The summed E-state index contributed by atoms with van der Waals surface area (Å²) in [5.41, 5.74) is 2.05. The van der Waals surface area contributed by atoms with Crippen LogP contribution in [0.1, 0.15) is 21.6 Å². The van der Waals surface area contributed by atoms with Crippen LogP contribution in [0.4, 0.5) is 11.5 Å². The van der Waals surface area contributed by atoms with E-state index in [1.165, 1.54) is 10.5 Å². The first kappa shape index (κ1) is 15.9. The van der Waals surface area contributed by atoms with E-state index < -0.39 is 5.97 Å². The van der Waals surface area contributed by atoms with Gasteiger partial charge in [-0.15, -0.1) is 10.2 Å². The second kappa shape index (κ2) is 5.93. The van der Waals surface area contributed by atoms with Crippen LogP contribution in [0.2, 0.25) is 5.02 Å². The normalized spacial score (nSPS) is 11.5. The third-order valence-electron chi connectivity index (χ3n) is 3.45. The topological polar surface area (TPSA) is 99.5 Å². The van der Waals surface area contributed by atoms with Gasteiger partial charge in [0.25, 0.3) is 0 Å². The molecule has 2 heterocycles. The van der Waals surface area contributed by atoms with Crippen molar-refractivity contribution in [1.29, 1.82) is 0 Å². The third kappa shape index (κ3) is 2.69. The van der Waals surface area contributed by atoms with Crippen LogP contribution in [0.5, 0.6) is 5.75 Å². The number of fused-ring (bicyclic) bond motifs is 1. The lowest BCUT2D eigenvalue weighted by atomic mass is 10.1. The predicted octanol–water partition coefficient (Wildman–Crippen LogP) is 4.42. The van der Waals surface area contributed by atoms with E-state index in [2.05, 4.69) is 15.2 Å². The summed E-state index contributed by atoms with van der Waals surface area (Å²) in [7, 11) is 0. The lowest BCUT2D eigenvalue weighted by molar-refractivity contribution is 0.0692. The number of aromatic nitrogens is 2. The van der Waals surface area contributed by atoms with Crippen molar-refractivity contribution in [1.82, 2.24) is 9.38 Å². The quantitative estimate of drug-likeness (QED) is 0.686. The molecule has 0 unspecified atom stereocenters. The van der Waals surface area contributed by atoms with Gasteiger partial charge in [0.05, 0.1) is 5.02 Å². The number of halogens is 1. The zero-order chi connectivity index (χ0) is 17.4. The first-order valence-corrected chi connectivity index (χ1v) is 7.38. The average Bonchev–Trinajstić information content (AvgIpc) is 2.87. The van der Waals surface area contributed by atoms with Gasteiger partial charge in [-0.1, -0.05) is 17.7 Å². The minimum Gasteiger partial charge on any atom is -0.504 e. The number of benzene rings is 1. The van der Waals surface area contributed by atoms with Crippen molar-refractivity contribution in [3.05, 3.63) is 52.3 Å². The zero-order valence-electron chi connectivity index (χ0n) is 12.9. The van der Waals surface area contributed by atoms with Gasteiger partial charge in [-0.05, 0) is 43.2 Å². The fourth-order valence-corrected chi connectivity index (χ4v) is 2.77. The fourth-order valence-electron chi connectivity index (χ4n) is 2.41. The molecule has 3 rings (SSSR count). The van der Waals surface area contributed by atoms with Gasteiger partial charge >= 0.3 is 5.97 Å². The molecular weight excluding hydrogens is 332 g/mol. The summed E-state index contributed by atoms with van der Waals surface area (Å²) < 4.78 is 1.36. The van der Waals surface area contributed by atoms with Crippen LogP contribution in [0, 0.1) is 13.8 Å². The number of carbonyl (C=O) groups is 1. The van der Waals surface area contributed by atoms with Gasteiger partial charge in [0.15, 0.2) is 22.9 Å². The Labute approximate surface area is 141 Å². The van der Waals surface area contributed by atoms with Crippen LogP contribution < -0.4 is 0 Å². The number of pyridine rings is 1. The highest BCUT2D eigenvalue weighted by atomic mass is 35.5. The summed E-state index contributed by atoms with van der Waals surface area (Å²) >= 11 is 6.19. The van der Waals surface area contributed by atoms with E-state index in [1.807, 2.05) is 19.9 Å². The van der Waals surface area contributed by atoms with Crippen molar-refractivity contribution in [2.24, 2.45) is 10.2 Å². The zero-order valence-corrected chi connectivity index (χ0v) is 13.6. The van der Waals surface area contributed by atoms with Gasteiger partial charge in [-0.25, -0.2) is 9.78 Å². The van der Waals surface area contributed by atoms with Gasteiger partial charge in [-0.2, -0.15) is 0 Å². The Hall–Kier alpha value is -2.93. The molecule has 0 atom stereocenters. The number of carboxylic acid groups (broad SMARTS) is 1. The number of carboxylic acids is 1. The third-order valence-corrected chi connectivity index (χ3v) is 3.74. The predicted molar refractivity (Wildman–Crippen MR) is 88.9 cm³/mol. The van der Waals surface area contributed by atoms with E-state index in [-0.39, 0.29) is 22.9 Å². The molecule has 2 N–H and O–H groups in total. The Kier molecular flexibility index (Phi) is 3.94. The molecule has 0 spiro atoms. The van der Waals surface area contributed by atoms with E-state index in [1.54, 1.807) is 18.3 Å². The minimum absolute atomic E-state index is 0.00411. The second-order valence-electron chi connectivity index (χ2n) is 5.29. The summed E-state index contributed by atoms with van der Waals surface area (Å²) in [6, 6.07) is 6.62. The molecule has 0 saturated carbocycles. The molecule has 0 saturated heterocycles. The number of azo groups is 1. The van der Waals surface area contributed by atoms with E-state index in [4.69, 9.17) is 11.6 Å². The molecule has 0 bridgehead atoms. The molecule has 0 aliphatic heterocycles. The van der Waals surface area contributed by atoms with Crippen molar-refractivity contribution >= 4 is 34.7 Å². The molecule has 0 fully saturated rings. The monoisotopic (exact) mass is 344 g/mol. The highest BCUT2D eigenvalue weighted by Crippen LogP contribution is 2.33. The number of aromatic carboxylic acids is 1. The Morgan fingerprint density at radius 1 is 1.29 bits per heavy atom.